The molecule has 3 aliphatic heterocycles. The first-order chi connectivity index (χ1) is 20.1. The minimum absolute atomic E-state index is 0.175. The number of ether oxygens (including phenoxy) is 5. The quantitative estimate of drug-likeness (QED) is 0.356. The fraction of sp³-hybridized carbons (Fsp3) is 0.344. The van der Waals surface area contributed by atoms with Gasteiger partial charge in [-0.15, -0.1) is 0 Å². The minimum Gasteiger partial charge on any atom is -0.504 e. The average Bonchev–Trinajstić information content (AvgIpc) is 3.48. The number of fused-ring (bicyclic) bond motifs is 5. The molecule has 41 heavy (non-hydrogen) atoms. The summed E-state index contributed by atoms with van der Waals surface area (Å²) < 4.78 is 30.2. The second kappa shape index (κ2) is 10.2. The third-order valence-corrected chi connectivity index (χ3v) is 8.52. The zero-order chi connectivity index (χ0) is 28.1. The van der Waals surface area contributed by atoms with Crippen molar-refractivity contribution < 1.29 is 33.4 Å². The lowest BCUT2D eigenvalue weighted by atomic mass is 9.94. The van der Waals surface area contributed by atoms with Gasteiger partial charge >= 0.3 is 0 Å². The Labute approximate surface area is 239 Å². The molecule has 0 radical (unpaired) electrons. The number of anilines is 1. The highest BCUT2D eigenvalue weighted by atomic mass is 16.7. The summed E-state index contributed by atoms with van der Waals surface area (Å²) in [5.41, 5.74) is 5.71. The van der Waals surface area contributed by atoms with Gasteiger partial charge in [-0.25, -0.2) is 0 Å². The van der Waals surface area contributed by atoms with Crippen molar-refractivity contribution in [3.05, 3.63) is 59.8 Å². The first-order valence-corrected chi connectivity index (χ1v) is 13.9. The number of pyridine rings is 1. The van der Waals surface area contributed by atoms with Gasteiger partial charge in [0.1, 0.15) is 11.5 Å². The smallest absolute Gasteiger partial charge is 0.231 e. The molecule has 9 nitrogen and oxygen atoms in total. The van der Waals surface area contributed by atoms with E-state index in [0.29, 0.717) is 5.75 Å². The summed E-state index contributed by atoms with van der Waals surface area (Å²) >= 11 is 0. The van der Waals surface area contributed by atoms with Gasteiger partial charge in [0.15, 0.2) is 35.7 Å². The fourth-order valence-electron chi connectivity index (χ4n) is 6.29. The summed E-state index contributed by atoms with van der Waals surface area (Å²) in [4.78, 5) is 4.81. The minimum atomic E-state index is 0.175. The molecule has 0 aliphatic carbocycles. The molecule has 3 aromatic carbocycles. The van der Waals surface area contributed by atoms with Crippen LogP contribution in [-0.4, -0.2) is 64.3 Å². The Morgan fingerprint density at radius 1 is 0.854 bits per heavy atom. The van der Waals surface area contributed by atoms with Crippen molar-refractivity contribution in [2.75, 3.05) is 59.2 Å². The summed E-state index contributed by atoms with van der Waals surface area (Å²) in [5.74, 6) is 3.86. The molecule has 0 amide bonds. The maximum Gasteiger partial charge on any atom is 0.231 e. The Balaban J connectivity index is 1.20. The van der Waals surface area contributed by atoms with Gasteiger partial charge in [-0.1, -0.05) is 0 Å². The van der Waals surface area contributed by atoms with Crippen molar-refractivity contribution in [3.8, 4) is 45.8 Å². The Morgan fingerprint density at radius 2 is 1.63 bits per heavy atom. The normalized spacial score (nSPS) is 15.9. The number of benzene rings is 3. The molecule has 0 saturated carbocycles. The number of rotatable bonds is 6. The number of piperazine rings is 1. The maximum absolute atomic E-state index is 11.1. The van der Waals surface area contributed by atoms with Crippen molar-refractivity contribution in [1.82, 2.24) is 4.90 Å². The van der Waals surface area contributed by atoms with Gasteiger partial charge in [0, 0.05) is 56.7 Å². The predicted octanol–water partition coefficient (Wildman–Crippen LogP) is 4.13. The SMILES string of the molecule is COc1ccc(N2CCN(Cc3cc(OC)c(O)c4c[n+]5c(cc34)-c3cc4c(cc3CC5)OCO4)CC2)c(OC)c1. The summed E-state index contributed by atoms with van der Waals surface area (Å²) in [5, 5.41) is 13.0. The second-order valence-electron chi connectivity index (χ2n) is 10.7. The Bertz CT molecular complexity index is 1650. The maximum atomic E-state index is 11.1. The number of nitrogens with zero attached hydrogens (tertiary/aromatic N) is 3. The lowest BCUT2D eigenvalue weighted by molar-refractivity contribution is -0.686. The van der Waals surface area contributed by atoms with Gasteiger partial charge in [0.25, 0.3) is 0 Å². The number of aromatic nitrogens is 1. The largest absolute Gasteiger partial charge is 0.504 e. The van der Waals surface area contributed by atoms with Crippen LogP contribution < -0.4 is 33.2 Å². The molecule has 212 valence electrons. The molecule has 1 fully saturated rings. The molecule has 0 atom stereocenters. The van der Waals surface area contributed by atoms with E-state index in [1.807, 2.05) is 18.2 Å². The molecule has 1 saturated heterocycles. The molecule has 0 unspecified atom stereocenters. The summed E-state index contributed by atoms with van der Waals surface area (Å²) in [6.45, 7) is 5.37. The third kappa shape index (κ3) is 4.41. The van der Waals surface area contributed by atoms with E-state index in [2.05, 4.69) is 44.8 Å². The molecule has 9 heteroatoms. The highest BCUT2D eigenvalue weighted by Gasteiger charge is 2.30. The second-order valence-corrected chi connectivity index (χ2v) is 10.7. The molecule has 7 rings (SSSR count). The zero-order valence-corrected chi connectivity index (χ0v) is 23.6. The number of hydrogen-bond acceptors (Lipinski definition) is 8. The first kappa shape index (κ1) is 25.6. The van der Waals surface area contributed by atoms with E-state index in [-0.39, 0.29) is 12.5 Å². The van der Waals surface area contributed by atoms with Crippen LogP contribution in [0, 0.1) is 0 Å². The molecular weight excluding hydrogens is 522 g/mol. The zero-order valence-electron chi connectivity index (χ0n) is 23.6. The highest BCUT2D eigenvalue weighted by Crippen LogP contribution is 2.42. The van der Waals surface area contributed by atoms with E-state index in [4.69, 9.17) is 23.7 Å². The monoisotopic (exact) mass is 556 g/mol. The highest BCUT2D eigenvalue weighted by molar-refractivity contribution is 5.94. The van der Waals surface area contributed by atoms with Crippen LogP contribution in [-0.2, 0) is 19.5 Å². The van der Waals surface area contributed by atoms with Crippen molar-refractivity contribution in [2.24, 2.45) is 0 Å². The van der Waals surface area contributed by atoms with E-state index in [9.17, 15) is 5.11 Å². The Morgan fingerprint density at radius 3 is 2.39 bits per heavy atom. The fourth-order valence-corrected chi connectivity index (χ4v) is 6.29. The van der Waals surface area contributed by atoms with Gasteiger partial charge < -0.3 is 33.7 Å². The molecule has 1 N–H and O–H groups in total. The number of phenols is 1. The van der Waals surface area contributed by atoms with Crippen LogP contribution in [0.1, 0.15) is 11.1 Å². The lowest BCUT2D eigenvalue weighted by Crippen LogP contribution is -2.46. The number of methoxy groups -OCH3 is 3. The van der Waals surface area contributed by atoms with Gasteiger partial charge in [-0.3, -0.25) is 4.90 Å². The molecule has 1 aromatic heterocycles. The van der Waals surface area contributed by atoms with E-state index in [1.165, 1.54) is 5.56 Å². The van der Waals surface area contributed by atoms with Crippen LogP contribution in [0.2, 0.25) is 0 Å². The predicted molar refractivity (Wildman–Crippen MR) is 155 cm³/mol. The van der Waals surface area contributed by atoms with Gasteiger partial charge in [-0.05, 0) is 41.5 Å². The molecule has 3 aliphatic rings. The van der Waals surface area contributed by atoms with E-state index in [0.717, 1.165) is 102 Å². The first-order valence-electron chi connectivity index (χ1n) is 13.9. The topological polar surface area (TPSA) is 76.7 Å². The molecule has 0 spiro atoms. The summed E-state index contributed by atoms with van der Waals surface area (Å²) in [7, 11) is 4.97. The van der Waals surface area contributed by atoms with Gasteiger partial charge in [-0.2, -0.15) is 4.57 Å². The van der Waals surface area contributed by atoms with Crippen LogP contribution in [0.25, 0.3) is 22.0 Å². The summed E-state index contributed by atoms with van der Waals surface area (Å²) in [6, 6.07) is 14.4. The van der Waals surface area contributed by atoms with Crippen molar-refractivity contribution in [3.63, 3.8) is 0 Å². The van der Waals surface area contributed by atoms with Crippen LogP contribution >= 0.6 is 0 Å². The van der Waals surface area contributed by atoms with Crippen LogP contribution in [0.3, 0.4) is 0 Å². The third-order valence-electron chi connectivity index (χ3n) is 8.52. The van der Waals surface area contributed by atoms with E-state index in [1.54, 1.807) is 21.3 Å². The van der Waals surface area contributed by atoms with Crippen molar-refractivity contribution in [1.29, 1.82) is 0 Å². The number of aryl methyl sites for hydroxylation is 2. The number of phenolic OH excluding ortho intramolecular Hbond substituents is 1. The van der Waals surface area contributed by atoms with Crippen molar-refractivity contribution >= 4 is 16.5 Å². The van der Waals surface area contributed by atoms with Gasteiger partial charge in [0.2, 0.25) is 12.5 Å². The number of hydrogen-bond donors (Lipinski definition) is 1. The van der Waals surface area contributed by atoms with Crippen LogP contribution in [0.5, 0.6) is 34.5 Å². The van der Waals surface area contributed by atoms with Crippen molar-refractivity contribution in [2.45, 2.75) is 19.5 Å². The molecule has 0 bridgehead atoms. The lowest BCUT2D eigenvalue weighted by Gasteiger charge is -2.37. The van der Waals surface area contributed by atoms with Crippen LogP contribution in [0.4, 0.5) is 5.69 Å². The van der Waals surface area contributed by atoms with E-state index < -0.39 is 0 Å². The standard InChI is InChI=1S/C32H33N3O6/c1-37-22-4-5-26(28(14-22)38-2)34-10-8-33(9-11-34)17-21-13-31(39-3)32(36)25-18-35-7-6-20-12-29-30(41-19-40-29)16-24(20)27(35)15-23(21)25/h4-5,12-16,18H,6-11,17,19H2,1-3H3/p+1. The van der Waals surface area contributed by atoms with E-state index >= 15 is 0 Å². The Hall–Kier alpha value is -4.37. The number of aromatic hydroxyl groups is 1. The molecule has 4 aromatic rings. The summed E-state index contributed by atoms with van der Waals surface area (Å²) in [6.07, 6.45) is 2.95. The molecular formula is C32H34N3O6+. The Kier molecular flexibility index (Phi) is 6.38. The average molecular weight is 557 g/mol. The van der Waals surface area contributed by atoms with Crippen LogP contribution in [0.15, 0.2) is 48.7 Å². The van der Waals surface area contributed by atoms with Gasteiger partial charge in [0.05, 0.1) is 38.0 Å². The molecule has 4 heterocycles.